The molecule has 0 fully saturated rings. The van der Waals surface area contributed by atoms with Crippen molar-refractivity contribution in [1.29, 1.82) is 0 Å². The van der Waals surface area contributed by atoms with E-state index < -0.39 is 0 Å². The van der Waals surface area contributed by atoms with Gasteiger partial charge in [0.2, 0.25) is 0 Å². The lowest BCUT2D eigenvalue weighted by Crippen LogP contribution is -1.96. The molecule has 4 aromatic rings. The van der Waals surface area contributed by atoms with E-state index in [4.69, 9.17) is 16.6 Å². The molecule has 0 aliphatic rings. The number of pyridine rings is 1. The van der Waals surface area contributed by atoms with Crippen LogP contribution in [0.25, 0.3) is 16.9 Å². The Kier molecular flexibility index (Phi) is 4.38. The number of fused-ring (bicyclic) bond motifs is 1. The Morgan fingerprint density at radius 1 is 0.960 bits per heavy atom. The molecular weight excluding hydrogens is 350 g/mol. The van der Waals surface area contributed by atoms with Gasteiger partial charge in [0.15, 0.2) is 0 Å². The normalized spacial score (nSPS) is 11.0. The number of aromatic nitrogens is 2. The van der Waals surface area contributed by atoms with Crippen molar-refractivity contribution in [2.24, 2.45) is 0 Å². The Balaban J connectivity index is 1.83. The smallest absolute Gasteiger partial charge is 0.143 e. The third-order valence-corrected chi connectivity index (χ3v) is 5.00. The van der Waals surface area contributed by atoms with Crippen molar-refractivity contribution in [2.75, 3.05) is 11.6 Å². The van der Waals surface area contributed by atoms with Gasteiger partial charge in [-0.1, -0.05) is 29.8 Å². The molecule has 1 N–H and O–H groups in total. The van der Waals surface area contributed by atoms with Crippen molar-refractivity contribution in [3.05, 3.63) is 77.9 Å². The fourth-order valence-corrected chi connectivity index (χ4v) is 3.27. The van der Waals surface area contributed by atoms with Crippen LogP contribution in [-0.4, -0.2) is 15.6 Å². The average Bonchev–Trinajstić information content (AvgIpc) is 3.02. The van der Waals surface area contributed by atoms with E-state index in [0.717, 1.165) is 33.4 Å². The van der Waals surface area contributed by atoms with E-state index >= 15 is 0 Å². The molecule has 2 aromatic heterocycles. The molecule has 0 aliphatic carbocycles. The highest BCUT2D eigenvalue weighted by Gasteiger charge is 2.14. The van der Waals surface area contributed by atoms with Gasteiger partial charge >= 0.3 is 0 Å². The molecule has 0 saturated heterocycles. The maximum absolute atomic E-state index is 6.00. The number of nitrogens with one attached hydrogen (secondary N) is 1. The van der Waals surface area contributed by atoms with Gasteiger partial charge in [-0.05, 0) is 54.8 Å². The zero-order valence-corrected chi connectivity index (χ0v) is 15.2. The van der Waals surface area contributed by atoms with Crippen LogP contribution in [0, 0.1) is 0 Å². The summed E-state index contributed by atoms with van der Waals surface area (Å²) in [4.78, 5) is 6.06. The molecular formula is C20H16ClN3S. The van der Waals surface area contributed by atoms with Crippen LogP contribution in [-0.2, 0) is 0 Å². The number of thioether (sulfide) groups is 1. The number of hydrogen-bond donors (Lipinski definition) is 1. The number of nitrogens with zero attached hydrogens (tertiary/aromatic N) is 2. The molecule has 2 aromatic carbocycles. The Bertz CT molecular complexity index is 1010. The van der Waals surface area contributed by atoms with Crippen molar-refractivity contribution in [3.63, 3.8) is 0 Å². The van der Waals surface area contributed by atoms with Gasteiger partial charge in [-0.3, -0.25) is 4.40 Å². The number of anilines is 2. The van der Waals surface area contributed by atoms with Crippen LogP contribution in [0.2, 0.25) is 5.02 Å². The number of hydrogen-bond acceptors (Lipinski definition) is 3. The third kappa shape index (κ3) is 3.23. The monoisotopic (exact) mass is 365 g/mol. The van der Waals surface area contributed by atoms with Gasteiger partial charge in [0, 0.05) is 27.4 Å². The molecule has 0 atom stereocenters. The van der Waals surface area contributed by atoms with E-state index in [1.54, 1.807) is 11.8 Å². The quantitative estimate of drug-likeness (QED) is 0.442. The molecule has 0 radical (unpaired) electrons. The first-order valence-electron chi connectivity index (χ1n) is 7.89. The van der Waals surface area contributed by atoms with E-state index in [1.165, 1.54) is 4.90 Å². The molecule has 4 rings (SSSR count). The number of rotatable bonds is 4. The van der Waals surface area contributed by atoms with Crippen molar-refractivity contribution in [3.8, 4) is 11.3 Å². The fraction of sp³-hybridized carbons (Fsp3) is 0.0500. The van der Waals surface area contributed by atoms with Gasteiger partial charge in [0.1, 0.15) is 17.2 Å². The van der Waals surface area contributed by atoms with Crippen LogP contribution >= 0.6 is 23.4 Å². The largest absolute Gasteiger partial charge is 0.339 e. The summed E-state index contributed by atoms with van der Waals surface area (Å²) in [5, 5.41) is 4.21. The van der Waals surface area contributed by atoms with Crippen LogP contribution in [0.5, 0.6) is 0 Å². The first-order chi connectivity index (χ1) is 12.2. The van der Waals surface area contributed by atoms with Gasteiger partial charge < -0.3 is 5.32 Å². The third-order valence-electron chi connectivity index (χ3n) is 4.00. The molecule has 124 valence electrons. The van der Waals surface area contributed by atoms with Gasteiger partial charge in [-0.25, -0.2) is 4.98 Å². The summed E-state index contributed by atoms with van der Waals surface area (Å²) in [6.45, 7) is 0. The number of imidazole rings is 1. The van der Waals surface area contributed by atoms with Crippen LogP contribution in [0.3, 0.4) is 0 Å². The first kappa shape index (κ1) is 16.1. The van der Waals surface area contributed by atoms with E-state index in [9.17, 15) is 0 Å². The van der Waals surface area contributed by atoms with Gasteiger partial charge in [0.05, 0.1) is 0 Å². The summed E-state index contributed by atoms with van der Waals surface area (Å²) in [6, 6.07) is 22.1. The van der Waals surface area contributed by atoms with E-state index in [2.05, 4.69) is 40.2 Å². The summed E-state index contributed by atoms with van der Waals surface area (Å²) in [6.07, 6.45) is 4.09. The molecule has 0 unspecified atom stereocenters. The standard InChI is InChI=1S/C20H16ClN3S/c1-25-17-11-5-14(6-12-17)19-20(22-16-9-7-15(21)8-10-16)24-13-3-2-4-18(24)23-19/h2-13,22H,1H3. The van der Waals surface area contributed by atoms with Crippen LogP contribution in [0.1, 0.15) is 0 Å². The molecule has 5 heteroatoms. The molecule has 25 heavy (non-hydrogen) atoms. The van der Waals surface area contributed by atoms with Crippen molar-refractivity contribution in [1.82, 2.24) is 9.38 Å². The summed E-state index contributed by atoms with van der Waals surface area (Å²) in [7, 11) is 0. The second-order valence-corrected chi connectivity index (χ2v) is 6.91. The lowest BCUT2D eigenvalue weighted by Gasteiger charge is -2.09. The number of halogens is 1. The lowest BCUT2D eigenvalue weighted by atomic mass is 10.1. The minimum absolute atomic E-state index is 0.719. The topological polar surface area (TPSA) is 29.3 Å². The predicted octanol–water partition coefficient (Wildman–Crippen LogP) is 6.12. The highest BCUT2D eigenvalue weighted by atomic mass is 35.5. The van der Waals surface area contributed by atoms with Crippen molar-refractivity contribution < 1.29 is 0 Å². The lowest BCUT2D eigenvalue weighted by molar-refractivity contribution is 1.18. The zero-order valence-electron chi connectivity index (χ0n) is 13.6. The number of benzene rings is 2. The van der Waals surface area contributed by atoms with E-state index in [0.29, 0.717) is 0 Å². The summed E-state index contributed by atoms with van der Waals surface area (Å²) < 4.78 is 2.06. The second kappa shape index (κ2) is 6.82. The molecule has 3 nitrogen and oxygen atoms in total. The van der Waals surface area contributed by atoms with E-state index in [-0.39, 0.29) is 0 Å². The van der Waals surface area contributed by atoms with Crippen molar-refractivity contribution >= 4 is 40.5 Å². The summed E-state index contributed by atoms with van der Waals surface area (Å²) >= 11 is 7.73. The highest BCUT2D eigenvalue weighted by Crippen LogP contribution is 2.32. The van der Waals surface area contributed by atoms with Gasteiger partial charge in [-0.15, -0.1) is 11.8 Å². The molecule has 0 saturated carbocycles. The summed E-state index contributed by atoms with van der Waals surface area (Å²) in [5.74, 6) is 0.940. The Hall–Kier alpha value is -2.43. The zero-order chi connectivity index (χ0) is 17.2. The first-order valence-corrected chi connectivity index (χ1v) is 9.49. The molecule has 0 amide bonds. The van der Waals surface area contributed by atoms with Crippen LogP contribution < -0.4 is 5.32 Å². The Labute approximate surface area is 155 Å². The van der Waals surface area contributed by atoms with Crippen LogP contribution in [0.4, 0.5) is 11.5 Å². The maximum atomic E-state index is 6.00. The maximum Gasteiger partial charge on any atom is 0.143 e. The average molecular weight is 366 g/mol. The van der Waals surface area contributed by atoms with Crippen molar-refractivity contribution in [2.45, 2.75) is 4.90 Å². The SMILES string of the molecule is CSc1ccc(-c2nc3ccccn3c2Nc2ccc(Cl)cc2)cc1. The van der Waals surface area contributed by atoms with Gasteiger partial charge in [0.25, 0.3) is 0 Å². The fourth-order valence-electron chi connectivity index (χ4n) is 2.74. The Morgan fingerprint density at radius 3 is 2.44 bits per heavy atom. The second-order valence-electron chi connectivity index (χ2n) is 5.60. The summed E-state index contributed by atoms with van der Waals surface area (Å²) in [5.41, 5.74) is 3.88. The Morgan fingerprint density at radius 2 is 1.72 bits per heavy atom. The minimum atomic E-state index is 0.719. The molecule has 0 spiro atoms. The van der Waals surface area contributed by atoms with Crippen LogP contribution in [0.15, 0.2) is 77.8 Å². The molecule has 2 heterocycles. The van der Waals surface area contributed by atoms with Gasteiger partial charge in [-0.2, -0.15) is 0 Å². The highest BCUT2D eigenvalue weighted by molar-refractivity contribution is 7.98. The molecule has 0 aliphatic heterocycles. The molecule has 0 bridgehead atoms. The minimum Gasteiger partial charge on any atom is -0.339 e. The van der Waals surface area contributed by atoms with E-state index in [1.807, 2.05) is 48.7 Å². The predicted molar refractivity (Wildman–Crippen MR) is 107 cm³/mol.